The lowest BCUT2D eigenvalue weighted by molar-refractivity contribution is -0.140. The number of aromatic amines is 1. The molecule has 0 fully saturated rings. The van der Waals surface area contributed by atoms with Crippen molar-refractivity contribution in [1.82, 2.24) is 19.7 Å². The zero-order valence-corrected chi connectivity index (χ0v) is 15.9. The van der Waals surface area contributed by atoms with E-state index in [4.69, 9.17) is 11.0 Å². The Morgan fingerprint density at radius 2 is 2.03 bits per heavy atom. The Kier molecular flexibility index (Phi) is 5.04. The van der Waals surface area contributed by atoms with Crippen molar-refractivity contribution in [2.75, 3.05) is 6.54 Å². The van der Waals surface area contributed by atoms with Crippen molar-refractivity contribution in [2.45, 2.75) is 12.2 Å². The number of H-pyrrole nitrogens is 1. The number of fused-ring (bicyclic) bond motifs is 1. The summed E-state index contributed by atoms with van der Waals surface area (Å²) in [5, 5.41) is 14.8. The Bertz CT molecular complexity index is 1370. The topological polar surface area (TPSA) is 113 Å². The lowest BCUT2D eigenvalue weighted by Gasteiger charge is -2.19. The fourth-order valence-corrected chi connectivity index (χ4v) is 3.47. The van der Waals surface area contributed by atoms with Gasteiger partial charge in [-0.1, -0.05) is 18.2 Å². The van der Waals surface area contributed by atoms with E-state index in [1.165, 1.54) is 29.1 Å². The first kappa shape index (κ1) is 20.3. The number of nitrogens with one attached hydrogen (secondary N) is 1. The second-order valence-electron chi connectivity index (χ2n) is 6.83. The fourth-order valence-electron chi connectivity index (χ4n) is 3.47. The summed E-state index contributed by atoms with van der Waals surface area (Å²) in [5.74, 6) is 0. The molecule has 4 aromatic rings. The molecule has 1 atom stereocenters. The van der Waals surface area contributed by atoms with Gasteiger partial charge in [0.25, 0.3) is 5.56 Å². The van der Waals surface area contributed by atoms with Crippen molar-refractivity contribution >= 4 is 10.9 Å². The number of alkyl halides is 3. The maximum atomic E-state index is 13.2. The second kappa shape index (κ2) is 7.70. The van der Waals surface area contributed by atoms with Crippen LogP contribution in [0.3, 0.4) is 0 Å². The summed E-state index contributed by atoms with van der Waals surface area (Å²) in [6.45, 7) is 0.0873. The molecule has 2 heterocycles. The lowest BCUT2D eigenvalue weighted by atomic mass is 10.0. The Hall–Kier alpha value is -3.97. The Morgan fingerprint density at radius 1 is 1.23 bits per heavy atom. The van der Waals surface area contributed by atoms with E-state index < -0.39 is 23.5 Å². The summed E-state index contributed by atoms with van der Waals surface area (Å²) in [6.07, 6.45) is -2.20. The largest absolute Gasteiger partial charge is 0.433 e. The normalized spacial score (nSPS) is 12.6. The van der Waals surface area contributed by atoms with Gasteiger partial charge in [-0.05, 0) is 35.4 Å². The van der Waals surface area contributed by atoms with Gasteiger partial charge in [-0.2, -0.15) is 23.5 Å². The van der Waals surface area contributed by atoms with E-state index in [0.29, 0.717) is 11.1 Å². The van der Waals surface area contributed by atoms with Crippen molar-refractivity contribution in [3.05, 3.63) is 82.2 Å². The molecule has 3 N–H and O–H groups in total. The third-order valence-corrected chi connectivity index (χ3v) is 4.98. The monoisotopic (exact) mass is 424 g/mol. The molecule has 0 saturated carbocycles. The smallest absolute Gasteiger partial charge is 0.328 e. The first-order valence-electron chi connectivity index (χ1n) is 9.15. The molecule has 2 aromatic heterocycles. The van der Waals surface area contributed by atoms with Crippen LogP contribution >= 0.6 is 0 Å². The van der Waals surface area contributed by atoms with Gasteiger partial charge < -0.3 is 5.73 Å². The fraction of sp³-hybridized carbons (Fsp3) is 0.143. The van der Waals surface area contributed by atoms with E-state index in [-0.39, 0.29) is 28.6 Å². The number of benzene rings is 2. The molecule has 7 nitrogen and oxygen atoms in total. The van der Waals surface area contributed by atoms with E-state index in [2.05, 4.69) is 10.1 Å². The number of hydrogen-bond donors (Lipinski definition) is 2. The van der Waals surface area contributed by atoms with Crippen LogP contribution in [-0.4, -0.2) is 26.3 Å². The van der Waals surface area contributed by atoms with Gasteiger partial charge in [-0.25, -0.2) is 4.98 Å². The number of rotatable bonds is 4. The van der Waals surface area contributed by atoms with Crippen LogP contribution < -0.4 is 11.3 Å². The SMILES string of the molecule is N#Cc1cccc(C(CN)n2cnc3cc(-c4cn[nH]c4C(F)(F)F)ccc3c2=O)c1. The summed E-state index contributed by atoms with van der Waals surface area (Å²) in [5.41, 5.74) is 5.99. The molecule has 0 aliphatic carbocycles. The quantitative estimate of drug-likeness (QED) is 0.522. The highest BCUT2D eigenvalue weighted by atomic mass is 19.4. The first-order valence-corrected chi connectivity index (χ1v) is 9.15. The minimum atomic E-state index is -4.59. The van der Waals surface area contributed by atoms with Gasteiger partial charge in [0, 0.05) is 12.1 Å². The molecule has 0 aliphatic rings. The lowest BCUT2D eigenvalue weighted by Crippen LogP contribution is -2.30. The molecule has 10 heteroatoms. The first-order chi connectivity index (χ1) is 14.8. The Labute approximate surface area is 173 Å². The summed E-state index contributed by atoms with van der Waals surface area (Å²) < 4.78 is 40.9. The van der Waals surface area contributed by atoms with Crippen LogP contribution in [0.5, 0.6) is 0 Å². The third-order valence-electron chi connectivity index (χ3n) is 4.98. The van der Waals surface area contributed by atoms with Crippen LogP contribution in [0.2, 0.25) is 0 Å². The highest BCUT2D eigenvalue weighted by molar-refractivity contribution is 5.84. The van der Waals surface area contributed by atoms with Crippen LogP contribution in [0.4, 0.5) is 13.2 Å². The van der Waals surface area contributed by atoms with E-state index >= 15 is 0 Å². The predicted octanol–water partition coefficient (Wildman–Crippen LogP) is 3.23. The number of aromatic nitrogens is 4. The van der Waals surface area contributed by atoms with E-state index in [0.717, 1.165) is 6.20 Å². The van der Waals surface area contributed by atoms with Crippen LogP contribution in [0, 0.1) is 11.3 Å². The minimum Gasteiger partial charge on any atom is -0.328 e. The molecule has 4 rings (SSSR count). The summed E-state index contributed by atoms with van der Waals surface area (Å²) in [6, 6.07) is 12.5. The highest BCUT2D eigenvalue weighted by Gasteiger charge is 2.36. The highest BCUT2D eigenvalue weighted by Crippen LogP contribution is 2.35. The molecule has 0 bridgehead atoms. The zero-order chi connectivity index (χ0) is 22.2. The van der Waals surface area contributed by atoms with Gasteiger partial charge in [0.1, 0.15) is 5.69 Å². The van der Waals surface area contributed by atoms with E-state index in [1.54, 1.807) is 24.3 Å². The standard InChI is InChI=1S/C21H15F3N6O/c22-21(23,24)19-16(10-28-29-19)13-4-5-15-17(7-13)27-11-30(20(15)31)18(9-26)14-3-1-2-12(6-14)8-25/h1-7,10-11,18H,9,26H2,(H,28,29). The number of nitriles is 1. The second-order valence-corrected chi connectivity index (χ2v) is 6.83. The van der Waals surface area contributed by atoms with Crippen molar-refractivity contribution < 1.29 is 13.2 Å². The Morgan fingerprint density at radius 3 is 2.74 bits per heavy atom. The van der Waals surface area contributed by atoms with Crippen LogP contribution in [-0.2, 0) is 6.18 Å². The maximum absolute atomic E-state index is 13.2. The zero-order valence-electron chi connectivity index (χ0n) is 15.9. The number of nitrogens with two attached hydrogens (primary N) is 1. The Balaban J connectivity index is 1.80. The van der Waals surface area contributed by atoms with Crippen molar-refractivity contribution in [1.29, 1.82) is 5.26 Å². The van der Waals surface area contributed by atoms with Crippen molar-refractivity contribution in [3.8, 4) is 17.2 Å². The minimum absolute atomic E-state index is 0.0873. The maximum Gasteiger partial charge on any atom is 0.433 e. The average Bonchev–Trinajstić information content (AvgIpc) is 3.26. The molecule has 0 amide bonds. The van der Waals surface area contributed by atoms with Crippen molar-refractivity contribution in [3.63, 3.8) is 0 Å². The van der Waals surface area contributed by atoms with Gasteiger partial charge in [0.05, 0.1) is 41.1 Å². The molecule has 0 aliphatic heterocycles. The summed E-state index contributed by atoms with van der Waals surface area (Å²) >= 11 is 0. The molecule has 156 valence electrons. The van der Waals surface area contributed by atoms with Crippen LogP contribution in [0.1, 0.15) is 22.9 Å². The summed E-state index contributed by atoms with van der Waals surface area (Å²) in [4.78, 5) is 17.4. The summed E-state index contributed by atoms with van der Waals surface area (Å²) in [7, 11) is 0. The molecule has 0 spiro atoms. The molecule has 1 unspecified atom stereocenters. The molecule has 2 aromatic carbocycles. The van der Waals surface area contributed by atoms with E-state index in [9.17, 15) is 18.0 Å². The van der Waals surface area contributed by atoms with Crippen LogP contribution in [0.25, 0.3) is 22.0 Å². The average molecular weight is 424 g/mol. The van der Waals surface area contributed by atoms with Gasteiger partial charge in [-0.3, -0.25) is 14.5 Å². The van der Waals surface area contributed by atoms with Crippen molar-refractivity contribution in [2.24, 2.45) is 5.73 Å². The van der Waals surface area contributed by atoms with Gasteiger partial charge in [0.15, 0.2) is 0 Å². The number of nitrogens with zero attached hydrogens (tertiary/aromatic N) is 4. The number of hydrogen-bond acceptors (Lipinski definition) is 5. The number of halogens is 3. The van der Waals surface area contributed by atoms with Gasteiger partial charge >= 0.3 is 6.18 Å². The molecular formula is C21H15F3N6O. The predicted molar refractivity (Wildman–Crippen MR) is 107 cm³/mol. The van der Waals surface area contributed by atoms with Gasteiger partial charge in [0.2, 0.25) is 0 Å². The molecule has 0 radical (unpaired) electrons. The van der Waals surface area contributed by atoms with E-state index in [1.807, 2.05) is 11.2 Å². The van der Waals surface area contributed by atoms with Crippen LogP contribution in [0.15, 0.2) is 59.8 Å². The molecular weight excluding hydrogens is 409 g/mol. The van der Waals surface area contributed by atoms with Gasteiger partial charge in [-0.15, -0.1) is 0 Å². The molecule has 31 heavy (non-hydrogen) atoms. The third kappa shape index (κ3) is 3.67. The molecule has 0 saturated heterocycles.